The molecule has 0 saturated carbocycles. The van der Waals surface area contributed by atoms with Crippen molar-refractivity contribution in [2.45, 2.75) is 16.8 Å². The summed E-state index contributed by atoms with van der Waals surface area (Å²) in [5.41, 5.74) is 0.952. The van der Waals surface area contributed by atoms with Gasteiger partial charge in [0.1, 0.15) is 0 Å². The molecule has 2 rings (SSSR count). The molecule has 0 aliphatic rings. The van der Waals surface area contributed by atoms with E-state index in [0.29, 0.717) is 5.16 Å². The standard InChI is InChI=1S/C11H12N4O2S/c1-15-11(12-13-14-15)18-9(7-10(16)17)8-5-3-2-4-6-8/h2-6,9H,7H2,1H3,(H,16,17). The van der Waals surface area contributed by atoms with Gasteiger partial charge in [0, 0.05) is 12.3 Å². The Labute approximate surface area is 108 Å². The van der Waals surface area contributed by atoms with Gasteiger partial charge in [0.05, 0.1) is 6.42 Å². The lowest BCUT2D eigenvalue weighted by molar-refractivity contribution is -0.137. The van der Waals surface area contributed by atoms with E-state index < -0.39 is 5.97 Å². The van der Waals surface area contributed by atoms with Gasteiger partial charge < -0.3 is 5.11 Å². The molecule has 94 valence electrons. The largest absolute Gasteiger partial charge is 0.481 e. The molecule has 1 heterocycles. The van der Waals surface area contributed by atoms with Crippen LogP contribution in [0.3, 0.4) is 0 Å². The molecular formula is C11H12N4O2S. The number of thioether (sulfide) groups is 1. The maximum absolute atomic E-state index is 10.9. The van der Waals surface area contributed by atoms with Gasteiger partial charge in [-0.15, -0.1) is 5.10 Å². The summed E-state index contributed by atoms with van der Waals surface area (Å²) in [4.78, 5) is 10.9. The molecule has 0 fully saturated rings. The highest BCUT2D eigenvalue weighted by atomic mass is 32.2. The third-order valence-corrected chi connectivity index (χ3v) is 3.64. The van der Waals surface area contributed by atoms with Gasteiger partial charge in [-0.25, -0.2) is 4.68 Å². The van der Waals surface area contributed by atoms with Crippen LogP contribution in [0.25, 0.3) is 0 Å². The molecule has 0 aliphatic carbocycles. The van der Waals surface area contributed by atoms with Crippen molar-refractivity contribution in [2.75, 3.05) is 0 Å². The summed E-state index contributed by atoms with van der Waals surface area (Å²) in [6.45, 7) is 0. The summed E-state index contributed by atoms with van der Waals surface area (Å²) in [7, 11) is 1.73. The molecule has 1 aromatic carbocycles. The van der Waals surface area contributed by atoms with E-state index in [1.807, 2.05) is 30.3 Å². The fourth-order valence-corrected chi connectivity index (χ4v) is 2.55. The van der Waals surface area contributed by atoms with E-state index in [0.717, 1.165) is 5.56 Å². The molecule has 7 heteroatoms. The van der Waals surface area contributed by atoms with Gasteiger partial charge in [0.2, 0.25) is 5.16 Å². The van der Waals surface area contributed by atoms with Gasteiger partial charge in [-0.3, -0.25) is 4.79 Å². The molecule has 1 aromatic heterocycles. The molecule has 1 atom stereocenters. The monoisotopic (exact) mass is 264 g/mol. The summed E-state index contributed by atoms with van der Waals surface area (Å²) in [5, 5.41) is 20.5. The molecule has 1 unspecified atom stereocenters. The third kappa shape index (κ3) is 3.07. The van der Waals surface area contributed by atoms with E-state index in [9.17, 15) is 4.79 Å². The number of tetrazole rings is 1. The van der Waals surface area contributed by atoms with Crippen LogP contribution < -0.4 is 0 Å². The van der Waals surface area contributed by atoms with Crippen molar-refractivity contribution in [2.24, 2.45) is 7.05 Å². The zero-order valence-electron chi connectivity index (χ0n) is 9.72. The summed E-state index contributed by atoms with van der Waals surface area (Å²) in [6, 6.07) is 9.49. The average molecular weight is 264 g/mol. The molecular weight excluding hydrogens is 252 g/mol. The second-order valence-corrected chi connectivity index (χ2v) is 4.87. The molecule has 2 aromatic rings. The quantitative estimate of drug-likeness (QED) is 0.825. The van der Waals surface area contributed by atoms with Crippen LogP contribution in [0.4, 0.5) is 0 Å². The maximum Gasteiger partial charge on any atom is 0.304 e. The Balaban J connectivity index is 2.21. The molecule has 18 heavy (non-hydrogen) atoms. The van der Waals surface area contributed by atoms with Gasteiger partial charge in [0.25, 0.3) is 0 Å². The fourth-order valence-electron chi connectivity index (χ4n) is 1.50. The second kappa shape index (κ2) is 5.63. The van der Waals surface area contributed by atoms with Crippen molar-refractivity contribution in [3.8, 4) is 0 Å². The van der Waals surface area contributed by atoms with Crippen LogP contribution in [0.5, 0.6) is 0 Å². The lowest BCUT2D eigenvalue weighted by atomic mass is 10.1. The van der Waals surface area contributed by atoms with Gasteiger partial charge >= 0.3 is 5.97 Å². The molecule has 1 N–H and O–H groups in total. The van der Waals surface area contributed by atoms with Crippen molar-refractivity contribution >= 4 is 17.7 Å². The Hall–Kier alpha value is -1.89. The number of hydrogen-bond acceptors (Lipinski definition) is 5. The van der Waals surface area contributed by atoms with E-state index >= 15 is 0 Å². The number of aliphatic carboxylic acids is 1. The fraction of sp³-hybridized carbons (Fsp3) is 0.273. The van der Waals surface area contributed by atoms with Crippen molar-refractivity contribution in [3.63, 3.8) is 0 Å². The number of rotatable bonds is 5. The van der Waals surface area contributed by atoms with Gasteiger partial charge in [-0.2, -0.15) is 0 Å². The van der Waals surface area contributed by atoms with Crippen LogP contribution >= 0.6 is 11.8 Å². The Kier molecular flexibility index (Phi) is 3.93. The third-order valence-electron chi connectivity index (χ3n) is 2.36. The minimum Gasteiger partial charge on any atom is -0.481 e. The first-order valence-electron chi connectivity index (χ1n) is 5.32. The lowest BCUT2D eigenvalue weighted by Gasteiger charge is -2.13. The first-order chi connectivity index (χ1) is 8.66. The number of benzene rings is 1. The molecule has 0 bridgehead atoms. The smallest absolute Gasteiger partial charge is 0.304 e. The number of carboxylic acid groups (broad SMARTS) is 1. The normalized spacial score (nSPS) is 12.3. The van der Waals surface area contributed by atoms with Crippen LogP contribution in [0, 0.1) is 0 Å². The predicted octanol–water partition coefficient (Wildman–Crippen LogP) is 1.52. The van der Waals surface area contributed by atoms with E-state index in [-0.39, 0.29) is 11.7 Å². The van der Waals surface area contributed by atoms with E-state index in [1.54, 1.807) is 7.05 Å². The molecule has 6 nitrogen and oxygen atoms in total. The van der Waals surface area contributed by atoms with E-state index in [2.05, 4.69) is 15.5 Å². The van der Waals surface area contributed by atoms with E-state index in [1.165, 1.54) is 16.4 Å². The van der Waals surface area contributed by atoms with Crippen LogP contribution in [-0.2, 0) is 11.8 Å². The van der Waals surface area contributed by atoms with Crippen molar-refractivity contribution in [3.05, 3.63) is 35.9 Å². The Bertz CT molecular complexity index is 529. The molecule has 0 aliphatic heterocycles. The summed E-state index contributed by atoms with van der Waals surface area (Å²) >= 11 is 1.35. The van der Waals surface area contributed by atoms with Crippen molar-refractivity contribution < 1.29 is 9.90 Å². The topological polar surface area (TPSA) is 80.9 Å². The SMILES string of the molecule is Cn1nnnc1SC(CC(=O)O)c1ccccc1. The molecule has 0 saturated heterocycles. The number of aromatic nitrogens is 4. The first kappa shape index (κ1) is 12.6. The highest BCUT2D eigenvalue weighted by molar-refractivity contribution is 7.99. The zero-order valence-corrected chi connectivity index (χ0v) is 10.5. The summed E-state index contributed by atoms with van der Waals surface area (Å²) in [5.74, 6) is -0.841. The summed E-state index contributed by atoms with van der Waals surface area (Å²) < 4.78 is 1.53. The van der Waals surface area contributed by atoms with Crippen LogP contribution in [0.1, 0.15) is 17.2 Å². The predicted molar refractivity (Wildman–Crippen MR) is 66.1 cm³/mol. The average Bonchev–Trinajstić information content (AvgIpc) is 2.75. The minimum atomic E-state index is -0.841. The second-order valence-electron chi connectivity index (χ2n) is 3.70. The van der Waals surface area contributed by atoms with Gasteiger partial charge in [0.15, 0.2) is 0 Å². The Morgan fingerprint density at radius 2 is 2.17 bits per heavy atom. The van der Waals surface area contributed by atoms with Crippen molar-refractivity contribution in [1.82, 2.24) is 20.2 Å². The number of aryl methyl sites for hydroxylation is 1. The van der Waals surface area contributed by atoms with Gasteiger partial charge in [-0.05, 0) is 16.0 Å². The Morgan fingerprint density at radius 1 is 1.44 bits per heavy atom. The van der Waals surface area contributed by atoms with Crippen LogP contribution in [0.2, 0.25) is 0 Å². The first-order valence-corrected chi connectivity index (χ1v) is 6.20. The maximum atomic E-state index is 10.9. The Morgan fingerprint density at radius 3 is 2.72 bits per heavy atom. The van der Waals surface area contributed by atoms with Crippen molar-refractivity contribution in [1.29, 1.82) is 0 Å². The van der Waals surface area contributed by atoms with E-state index in [4.69, 9.17) is 5.11 Å². The summed E-state index contributed by atoms with van der Waals surface area (Å²) in [6.07, 6.45) is 0.0293. The highest BCUT2D eigenvalue weighted by Gasteiger charge is 2.19. The van der Waals surface area contributed by atoms with Gasteiger partial charge in [-0.1, -0.05) is 42.1 Å². The zero-order chi connectivity index (χ0) is 13.0. The molecule has 0 radical (unpaired) electrons. The van der Waals surface area contributed by atoms with Crippen LogP contribution in [-0.4, -0.2) is 31.3 Å². The highest BCUT2D eigenvalue weighted by Crippen LogP contribution is 2.36. The number of carboxylic acids is 1. The number of nitrogens with zero attached hydrogens (tertiary/aromatic N) is 4. The molecule has 0 amide bonds. The number of carbonyl (C=O) groups is 1. The molecule has 0 spiro atoms. The number of hydrogen-bond donors (Lipinski definition) is 1. The lowest BCUT2D eigenvalue weighted by Crippen LogP contribution is -2.05. The van der Waals surface area contributed by atoms with Crippen LogP contribution in [0.15, 0.2) is 35.5 Å². The minimum absolute atomic E-state index is 0.0293.